The Balaban J connectivity index is 2.74. The molecule has 0 radical (unpaired) electrons. The number of unbranched alkanes of at least 4 members (excludes halogenated alkanes) is 2. The number of pyridine rings is 1. The van der Waals surface area contributed by atoms with Crippen LogP contribution >= 0.6 is 0 Å². The molecule has 2 N–H and O–H groups in total. The molecule has 0 aliphatic rings. The summed E-state index contributed by atoms with van der Waals surface area (Å²) in [5, 5.41) is 0. The Kier molecular flexibility index (Phi) is 6.91. The summed E-state index contributed by atoms with van der Waals surface area (Å²) in [5.41, 5.74) is 7.05. The monoisotopic (exact) mass is 249 g/mol. The van der Waals surface area contributed by atoms with E-state index >= 15 is 0 Å². The lowest BCUT2D eigenvalue weighted by molar-refractivity contribution is 0.151. The van der Waals surface area contributed by atoms with Crippen molar-refractivity contribution in [3.63, 3.8) is 0 Å². The molecule has 1 heterocycles. The van der Waals surface area contributed by atoms with Gasteiger partial charge in [0.2, 0.25) is 0 Å². The van der Waals surface area contributed by atoms with Crippen LogP contribution in [0.25, 0.3) is 0 Å². The molecule has 1 atom stereocenters. The molecule has 0 aliphatic carbocycles. The summed E-state index contributed by atoms with van der Waals surface area (Å²) in [5.74, 6) is 0. The molecule has 1 aromatic rings. The Labute approximate surface area is 111 Å². The lowest BCUT2D eigenvalue weighted by Gasteiger charge is -2.34. The third kappa shape index (κ3) is 4.39. The van der Waals surface area contributed by atoms with E-state index < -0.39 is 0 Å². The van der Waals surface area contributed by atoms with Gasteiger partial charge in [0.1, 0.15) is 0 Å². The normalized spacial score (nSPS) is 13.2. The lowest BCUT2D eigenvalue weighted by Crippen LogP contribution is -2.39. The highest BCUT2D eigenvalue weighted by atomic mass is 15.2. The first-order valence-corrected chi connectivity index (χ1v) is 7.07. The molecule has 0 saturated heterocycles. The minimum absolute atomic E-state index is 0.239. The number of hydrogen-bond acceptors (Lipinski definition) is 3. The molecule has 1 rings (SSSR count). The van der Waals surface area contributed by atoms with Crippen molar-refractivity contribution in [1.82, 2.24) is 9.88 Å². The van der Waals surface area contributed by atoms with Gasteiger partial charge in [0, 0.05) is 18.8 Å². The van der Waals surface area contributed by atoms with Gasteiger partial charge in [-0.15, -0.1) is 0 Å². The second-order valence-corrected chi connectivity index (χ2v) is 5.04. The second-order valence-electron chi connectivity index (χ2n) is 5.04. The standard InChI is InChI=1S/C15H27N3/c1-4-5-8-11-18(13(2)3)15(12-16)14-9-6-7-10-17-14/h6-7,9-10,13,15H,4-5,8,11-12,16H2,1-3H3. The van der Waals surface area contributed by atoms with Gasteiger partial charge in [0.15, 0.2) is 0 Å². The minimum Gasteiger partial charge on any atom is -0.329 e. The fourth-order valence-corrected chi connectivity index (χ4v) is 2.32. The largest absolute Gasteiger partial charge is 0.329 e. The number of rotatable bonds is 8. The smallest absolute Gasteiger partial charge is 0.0646 e. The average molecular weight is 249 g/mol. The molecule has 18 heavy (non-hydrogen) atoms. The summed E-state index contributed by atoms with van der Waals surface area (Å²) < 4.78 is 0. The lowest BCUT2D eigenvalue weighted by atomic mass is 10.1. The summed E-state index contributed by atoms with van der Waals surface area (Å²) in [4.78, 5) is 6.93. The van der Waals surface area contributed by atoms with E-state index in [1.165, 1.54) is 19.3 Å². The Bertz CT molecular complexity index is 311. The van der Waals surface area contributed by atoms with Gasteiger partial charge >= 0.3 is 0 Å². The Morgan fingerprint density at radius 3 is 2.56 bits per heavy atom. The van der Waals surface area contributed by atoms with Crippen molar-refractivity contribution in [2.75, 3.05) is 13.1 Å². The second kappa shape index (κ2) is 8.22. The third-order valence-electron chi connectivity index (χ3n) is 3.34. The van der Waals surface area contributed by atoms with Gasteiger partial charge in [-0.05, 0) is 38.9 Å². The molecular formula is C15H27N3. The van der Waals surface area contributed by atoms with Crippen molar-refractivity contribution in [1.29, 1.82) is 0 Å². The average Bonchev–Trinajstić information content (AvgIpc) is 2.39. The Morgan fingerprint density at radius 1 is 1.28 bits per heavy atom. The molecule has 1 aromatic heterocycles. The molecule has 0 bridgehead atoms. The molecule has 3 nitrogen and oxygen atoms in total. The predicted octanol–water partition coefficient (Wildman–Crippen LogP) is 2.98. The van der Waals surface area contributed by atoms with E-state index in [0.29, 0.717) is 12.6 Å². The third-order valence-corrected chi connectivity index (χ3v) is 3.34. The molecule has 0 amide bonds. The van der Waals surface area contributed by atoms with Crippen molar-refractivity contribution in [2.45, 2.75) is 52.1 Å². The van der Waals surface area contributed by atoms with Gasteiger partial charge in [-0.25, -0.2) is 0 Å². The Morgan fingerprint density at radius 2 is 2.06 bits per heavy atom. The van der Waals surface area contributed by atoms with Gasteiger partial charge < -0.3 is 5.73 Å². The predicted molar refractivity (Wildman–Crippen MR) is 77.4 cm³/mol. The zero-order valence-corrected chi connectivity index (χ0v) is 12.0. The van der Waals surface area contributed by atoms with E-state index in [2.05, 4.69) is 36.7 Å². The number of nitrogens with two attached hydrogens (primary N) is 1. The van der Waals surface area contributed by atoms with E-state index in [1.807, 2.05) is 18.3 Å². The van der Waals surface area contributed by atoms with Crippen LogP contribution in [0.5, 0.6) is 0 Å². The van der Waals surface area contributed by atoms with Gasteiger partial charge in [-0.3, -0.25) is 9.88 Å². The van der Waals surface area contributed by atoms with Crippen LogP contribution in [0.1, 0.15) is 51.8 Å². The molecule has 1 unspecified atom stereocenters. The maximum atomic E-state index is 5.97. The molecule has 102 valence electrons. The molecule has 3 heteroatoms. The van der Waals surface area contributed by atoms with Gasteiger partial charge in [-0.1, -0.05) is 25.8 Å². The first-order chi connectivity index (χ1) is 8.70. The van der Waals surface area contributed by atoms with Crippen LogP contribution in [-0.4, -0.2) is 29.0 Å². The summed E-state index contributed by atoms with van der Waals surface area (Å²) >= 11 is 0. The van der Waals surface area contributed by atoms with Crippen molar-refractivity contribution >= 4 is 0 Å². The molecule has 0 spiro atoms. The molecular weight excluding hydrogens is 222 g/mol. The summed E-state index contributed by atoms with van der Waals surface area (Å²) in [7, 11) is 0. The van der Waals surface area contributed by atoms with Crippen LogP contribution in [0.3, 0.4) is 0 Å². The first kappa shape index (κ1) is 15.1. The zero-order chi connectivity index (χ0) is 13.4. The van der Waals surface area contributed by atoms with E-state index in [-0.39, 0.29) is 6.04 Å². The van der Waals surface area contributed by atoms with Crippen LogP contribution in [0, 0.1) is 0 Å². The fraction of sp³-hybridized carbons (Fsp3) is 0.667. The van der Waals surface area contributed by atoms with Gasteiger partial charge in [0.25, 0.3) is 0 Å². The van der Waals surface area contributed by atoms with Crippen LogP contribution in [-0.2, 0) is 0 Å². The minimum atomic E-state index is 0.239. The number of aromatic nitrogens is 1. The maximum Gasteiger partial charge on any atom is 0.0646 e. The highest BCUT2D eigenvalue weighted by molar-refractivity contribution is 5.09. The van der Waals surface area contributed by atoms with E-state index in [0.717, 1.165) is 12.2 Å². The van der Waals surface area contributed by atoms with Crippen LogP contribution in [0.2, 0.25) is 0 Å². The van der Waals surface area contributed by atoms with E-state index in [1.54, 1.807) is 0 Å². The van der Waals surface area contributed by atoms with Crippen LogP contribution < -0.4 is 5.73 Å². The molecule has 0 aliphatic heterocycles. The van der Waals surface area contributed by atoms with Gasteiger partial charge in [0.05, 0.1) is 11.7 Å². The zero-order valence-electron chi connectivity index (χ0n) is 12.0. The van der Waals surface area contributed by atoms with E-state index in [9.17, 15) is 0 Å². The van der Waals surface area contributed by atoms with Crippen molar-refractivity contribution in [2.24, 2.45) is 5.73 Å². The fourth-order valence-electron chi connectivity index (χ4n) is 2.32. The van der Waals surface area contributed by atoms with Crippen molar-refractivity contribution in [3.05, 3.63) is 30.1 Å². The summed E-state index contributed by atoms with van der Waals surface area (Å²) in [6, 6.07) is 6.80. The SMILES string of the molecule is CCCCCN(C(C)C)C(CN)c1ccccn1. The number of hydrogen-bond donors (Lipinski definition) is 1. The van der Waals surface area contributed by atoms with Gasteiger partial charge in [-0.2, -0.15) is 0 Å². The van der Waals surface area contributed by atoms with Crippen LogP contribution in [0.4, 0.5) is 0 Å². The highest BCUT2D eigenvalue weighted by Gasteiger charge is 2.21. The topological polar surface area (TPSA) is 42.1 Å². The summed E-state index contributed by atoms with van der Waals surface area (Å²) in [6.45, 7) is 8.43. The highest BCUT2D eigenvalue weighted by Crippen LogP contribution is 2.20. The molecule has 0 saturated carbocycles. The first-order valence-electron chi connectivity index (χ1n) is 7.07. The van der Waals surface area contributed by atoms with Crippen molar-refractivity contribution < 1.29 is 0 Å². The van der Waals surface area contributed by atoms with Crippen LogP contribution in [0.15, 0.2) is 24.4 Å². The van der Waals surface area contributed by atoms with E-state index in [4.69, 9.17) is 5.73 Å². The molecule has 0 fully saturated rings. The summed E-state index contributed by atoms with van der Waals surface area (Å²) in [6.07, 6.45) is 5.62. The van der Waals surface area contributed by atoms with Crippen molar-refractivity contribution in [3.8, 4) is 0 Å². The number of nitrogens with zero attached hydrogens (tertiary/aromatic N) is 2. The quantitative estimate of drug-likeness (QED) is 0.720. The molecule has 0 aromatic carbocycles. The Hall–Kier alpha value is -0.930. The maximum absolute atomic E-state index is 5.97.